The van der Waals surface area contributed by atoms with Crippen molar-refractivity contribution in [3.05, 3.63) is 51.9 Å². The summed E-state index contributed by atoms with van der Waals surface area (Å²) in [5.74, 6) is 0.457. The number of carbonyl (C=O) groups is 2. The Morgan fingerprint density at radius 1 is 1.33 bits per heavy atom. The first-order valence-electron chi connectivity index (χ1n) is 12.1. The van der Waals surface area contributed by atoms with Crippen molar-refractivity contribution in [3.63, 3.8) is 0 Å². The number of nitrogens with one attached hydrogen (secondary N) is 1. The van der Waals surface area contributed by atoms with Gasteiger partial charge in [-0.2, -0.15) is 0 Å². The van der Waals surface area contributed by atoms with Crippen LogP contribution in [-0.4, -0.2) is 61.5 Å². The molecule has 2 fully saturated rings. The summed E-state index contributed by atoms with van der Waals surface area (Å²) in [7, 11) is 0. The number of nitrogens with two attached hydrogens (primary N) is 1. The largest absolute Gasteiger partial charge is 0.493 e. The predicted molar refractivity (Wildman–Crippen MR) is 135 cm³/mol. The molecule has 4 N–H and O–H groups in total. The van der Waals surface area contributed by atoms with Gasteiger partial charge in [-0.3, -0.25) is 4.57 Å². The highest BCUT2D eigenvalue weighted by atomic mass is 35.5. The molecule has 4 unspecified atom stereocenters. The van der Waals surface area contributed by atoms with Crippen LogP contribution in [0.25, 0.3) is 21.6 Å². The van der Waals surface area contributed by atoms with Gasteiger partial charge < -0.3 is 30.4 Å². The zero-order chi connectivity index (χ0) is 27.5. The molecule has 2 aromatic heterocycles. The van der Waals surface area contributed by atoms with Crippen LogP contribution in [0.15, 0.2) is 36.0 Å². The minimum absolute atomic E-state index is 0.257. The van der Waals surface area contributed by atoms with E-state index in [-0.39, 0.29) is 5.65 Å². The van der Waals surface area contributed by atoms with Gasteiger partial charge in [0, 0.05) is 22.0 Å². The van der Waals surface area contributed by atoms with E-state index in [0.717, 1.165) is 11.3 Å². The lowest BCUT2D eigenvalue weighted by Gasteiger charge is -2.25. The molecular formula is C23H24ClN9O6. The van der Waals surface area contributed by atoms with Crippen molar-refractivity contribution in [2.75, 3.05) is 11.9 Å². The zero-order valence-electron chi connectivity index (χ0n) is 20.4. The number of azide groups is 1. The summed E-state index contributed by atoms with van der Waals surface area (Å²) in [6, 6.07) is 4.02. The van der Waals surface area contributed by atoms with Crippen molar-refractivity contribution in [2.24, 2.45) is 16.8 Å². The molecule has 3 heterocycles. The van der Waals surface area contributed by atoms with E-state index in [0.29, 0.717) is 35.4 Å². The maximum atomic E-state index is 12.3. The molecule has 1 aliphatic heterocycles. The van der Waals surface area contributed by atoms with Crippen LogP contribution in [0.3, 0.4) is 0 Å². The molecule has 2 aliphatic rings. The summed E-state index contributed by atoms with van der Waals surface area (Å²) in [4.78, 5) is 38.8. The van der Waals surface area contributed by atoms with Gasteiger partial charge >= 0.3 is 12.1 Å². The fourth-order valence-corrected chi connectivity index (χ4v) is 4.67. The maximum absolute atomic E-state index is 12.3. The van der Waals surface area contributed by atoms with Crippen molar-refractivity contribution in [1.82, 2.24) is 19.5 Å². The number of rotatable bonds is 9. The number of aromatic nitrogens is 4. The highest BCUT2D eigenvalue weighted by Crippen LogP contribution is 2.35. The lowest BCUT2D eigenvalue weighted by Crippen LogP contribution is -2.37. The Balaban J connectivity index is 1.37. The fraction of sp³-hybridized carbons (Fsp3) is 0.435. The Labute approximate surface area is 225 Å². The molecule has 0 radical (unpaired) electrons. The first-order chi connectivity index (χ1) is 18.9. The van der Waals surface area contributed by atoms with E-state index in [9.17, 15) is 14.7 Å². The summed E-state index contributed by atoms with van der Waals surface area (Å²) in [6.45, 7) is 0.966. The highest BCUT2D eigenvalue weighted by molar-refractivity contribution is 6.30. The quantitative estimate of drug-likeness (QED) is 0.115. The second-order valence-corrected chi connectivity index (χ2v) is 9.57. The van der Waals surface area contributed by atoms with Gasteiger partial charge in [0.2, 0.25) is 0 Å². The Morgan fingerprint density at radius 3 is 2.87 bits per heavy atom. The molecule has 1 saturated carbocycles. The summed E-state index contributed by atoms with van der Waals surface area (Å²) in [6.07, 6.45) is 0.472. The monoisotopic (exact) mass is 557 g/mol. The number of imidazole rings is 1. The molecule has 1 amide bonds. The molecular weight excluding hydrogens is 534 g/mol. The lowest BCUT2D eigenvalue weighted by atomic mass is 9.86. The average Bonchev–Trinajstić information content (AvgIpc) is 3.44. The summed E-state index contributed by atoms with van der Waals surface area (Å²) in [5.41, 5.74) is 15.2. The van der Waals surface area contributed by atoms with Gasteiger partial charge in [0.1, 0.15) is 24.2 Å². The Bertz CT molecular complexity index is 1440. The number of hydrogen-bond acceptors (Lipinski definition) is 11. The third-order valence-corrected chi connectivity index (χ3v) is 6.89. The standard InChI is InChI=1S/C23H24ClN9O6/c24-13-4-5-14(37-8-11-2-1-3-11)12(6-13)7-27-19-16-20(29-9-28-19)33(10-30-16)21-17(34)15(31-32-26)18(38-21)22(35)39-23(25)36/h4-6,9-11,15,17-18,21,34H,1-3,7-8H2,(H2,25,36)(H,27,28,29). The first kappa shape index (κ1) is 26.4. The van der Waals surface area contributed by atoms with Crippen LogP contribution in [0.4, 0.5) is 10.6 Å². The average molecular weight is 558 g/mol. The van der Waals surface area contributed by atoms with Crippen molar-refractivity contribution in [3.8, 4) is 5.75 Å². The molecule has 39 heavy (non-hydrogen) atoms. The van der Waals surface area contributed by atoms with Crippen molar-refractivity contribution >= 4 is 40.6 Å². The summed E-state index contributed by atoms with van der Waals surface area (Å²) in [5, 5.41) is 18.0. The second kappa shape index (κ2) is 11.3. The molecule has 1 aromatic carbocycles. The maximum Gasteiger partial charge on any atom is 0.412 e. The van der Waals surface area contributed by atoms with Crippen LogP contribution in [0.5, 0.6) is 5.75 Å². The van der Waals surface area contributed by atoms with Gasteiger partial charge in [0.05, 0.1) is 12.9 Å². The van der Waals surface area contributed by atoms with Crippen LogP contribution in [0.2, 0.25) is 5.02 Å². The van der Waals surface area contributed by atoms with Crippen LogP contribution in [0, 0.1) is 5.92 Å². The molecule has 0 bridgehead atoms. The van der Waals surface area contributed by atoms with Gasteiger partial charge in [0.25, 0.3) is 0 Å². The number of nitrogens with zero attached hydrogens (tertiary/aromatic N) is 7. The third-order valence-electron chi connectivity index (χ3n) is 6.66. The highest BCUT2D eigenvalue weighted by Gasteiger charge is 2.49. The fourth-order valence-electron chi connectivity index (χ4n) is 4.47. The van der Waals surface area contributed by atoms with Crippen LogP contribution in [0.1, 0.15) is 31.1 Å². The van der Waals surface area contributed by atoms with E-state index in [1.807, 2.05) is 12.1 Å². The van der Waals surface area contributed by atoms with Gasteiger partial charge in [-0.15, -0.1) is 0 Å². The zero-order valence-corrected chi connectivity index (χ0v) is 21.1. The molecule has 204 valence electrons. The van der Waals surface area contributed by atoms with Gasteiger partial charge in [-0.05, 0) is 42.5 Å². The predicted octanol–water partition coefficient (Wildman–Crippen LogP) is 2.83. The van der Waals surface area contributed by atoms with Crippen molar-refractivity contribution in [2.45, 2.75) is 50.3 Å². The van der Waals surface area contributed by atoms with E-state index < -0.39 is 36.5 Å². The Kier molecular flexibility index (Phi) is 7.65. The number of fused-ring (bicyclic) bond motifs is 1. The number of halogens is 1. The minimum Gasteiger partial charge on any atom is -0.493 e. The van der Waals surface area contributed by atoms with Crippen molar-refractivity contribution < 1.29 is 28.9 Å². The van der Waals surface area contributed by atoms with Crippen LogP contribution < -0.4 is 15.8 Å². The number of ether oxygens (including phenoxy) is 3. The number of aliphatic hydroxyl groups is 1. The number of anilines is 1. The van der Waals surface area contributed by atoms with E-state index in [1.54, 1.807) is 6.07 Å². The molecule has 1 saturated heterocycles. The van der Waals surface area contributed by atoms with Crippen molar-refractivity contribution in [1.29, 1.82) is 0 Å². The number of hydrogen-bond donors (Lipinski definition) is 3. The number of benzene rings is 1. The van der Waals surface area contributed by atoms with E-state index in [4.69, 9.17) is 32.3 Å². The molecule has 1 aliphatic carbocycles. The topological polar surface area (TPSA) is 212 Å². The molecule has 5 rings (SSSR count). The number of amides is 1. The Hall–Kier alpha value is -4.17. The number of carbonyl (C=O) groups excluding carboxylic acids is 2. The number of primary amides is 1. The second-order valence-electron chi connectivity index (χ2n) is 9.13. The minimum atomic E-state index is -1.59. The number of esters is 1. The van der Waals surface area contributed by atoms with E-state index >= 15 is 0 Å². The Morgan fingerprint density at radius 2 is 2.15 bits per heavy atom. The summed E-state index contributed by atoms with van der Waals surface area (Å²) < 4.78 is 17.4. The molecule has 15 nitrogen and oxygen atoms in total. The van der Waals surface area contributed by atoms with Gasteiger partial charge in [-0.25, -0.2) is 24.5 Å². The number of aliphatic hydroxyl groups excluding tert-OH is 1. The molecule has 16 heteroatoms. The van der Waals surface area contributed by atoms with Gasteiger partial charge in [-0.1, -0.05) is 23.1 Å². The van der Waals surface area contributed by atoms with E-state index in [2.05, 4.69) is 35.0 Å². The molecule has 4 atom stereocenters. The van der Waals surface area contributed by atoms with E-state index in [1.165, 1.54) is 36.5 Å². The smallest absolute Gasteiger partial charge is 0.412 e. The lowest BCUT2D eigenvalue weighted by molar-refractivity contribution is -0.152. The summed E-state index contributed by atoms with van der Waals surface area (Å²) >= 11 is 6.23. The SMILES string of the molecule is [N-]=[N+]=NC1C(C(=O)OC(N)=O)OC(n2cnc3c(NCc4cc(Cl)ccc4OCC4CCC4)ncnc32)C1O. The van der Waals surface area contributed by atoms with Gasteiger partial charge in [0.15, 0.2) is 29.3 Å². The first-order valence-corrected chi connectivity index (χ1v) is 12.4. The molecule has 3 aromatic rings. The van der Waals surface area contributed by atoms with Crippen LogP contribution in [-0.2, 0) is 20.8 Å². The third kappa shape index (κ3) is 5.52. The normalized spacial score (nSPS) is 22.6. The van der Waals surface area contributed by atoms with Crippen LogP contribution >= 0.6 is 11.6 Å². The molecule has 0 spiro atoms.